The van der Waals surface area contributed by atoms with Crippen LogP contribution in [0, 0.1) is 0 Å². The Morgan fingerprint density at radius 1 is 1.31 bits per heavy atom. The Hall–Kier alpha value is -1.45. The second-order valence-corrected chi connectivity index (χ2v) is 2.92. The summed E-state index contributed by atoms with van der Waals surface area (Å²) in [5.41, 5.74) is 4.72. The van der Waals surface area contributed by atoms with Gasteiger partial charge in [-0.2, -0.15) is 0 Å². The first-order valence-electron chi connectivity index (χ1n) is 4.17. The maximum atomic E-state index is 5.23. The number of para-hydroxylation sites is 1. The van der Waals surface area contributed by atoms with Crippen molar-refractivity contribution in [1.82, 2.24) is 10.4 Å². The molecule has 1 heterocycles. The second-order valence-electron chi connectivity index (χ2n) is 2.92. The lowest BCUT2D eigenvalue weighted by Gasteiger charge is -2.01. The molecule has 0 unspecified atom stereocenters. The Labute approximate surface area is 76.6 Å². The van der Waals surface area contributed by atoms with Gasteiger partial charge in [-0.3, -0.25) is 16.3 Å². The van der Waals surface area contributed by atoms with Crippen LogP contribution in [-0.2, 0) is 6.54 Å². The summed E-state index contributed by atoms with van der Waals surface area (Å²) in [4.78, 5) is 4.30. The average molecular weight is 173 g/mol. The maximum Gasteiger partial charge on any atom is 0.0702 e. The first-order chi connectivity index (χ1) is 6.40. The largest absolute Gasteiger partial charge is 0.271 e. The van der Waals surface area contributed by atoms with E-state index < -0.39 is 0 Å². The van der Waals surface area contributed by atoms with Gasteiger partial charge in [0.2, 0.25) is 0 Å². The quantitative estimate of drug-likeness (QED) is 0.530. The SMILES string of the molecule is NNCc1cnc2ccccc2c1. The smallest absolute Gasteiger partial charge is 0.0702 e. The monoisotopic (exact) mass is 173 g/mol. The molecule has 0 aliphatic rings. The molecule has 0 amide bonds. The number of hydrogen-bond acceptors (Lipinski definition) is 3. The van der Waals surface area contributed by atoms with Crippen LogP contribution < -0.4 is 11.3 Å². The van der Waals surface area contributed by atoms with Crippen molar-refractivity contribution in [2.75, 3.05) is 0 Å². The lowest BCUT2D eigenvalue weighted by Crippen LogP contribution is -2.20. The molecule has 0 fully saturated rings. The first kappa shape index (κ1) is 8.16. The highest BCUT2D eigenvalue weighted by Crippen LogP contribution is 2.11. The predicted molar refractivity (Wildman–Crippen MR) is 52.8 cm³/mol. The summed E-state index contributed by atoms with van der Waals surface area (Å²) in [6.07, 6.45) is 1.84. The molecular formula is C10H11N3. The fourth-order valence-electron chi connectivity index (χ4n) is 1.33. The molecule has 0 radical (unpaired) electrons. The number of benzene rings is 1. The Morgan fingerprint density at radius 2 is 2.15 bits per heavy atom. The number of nitrogens with zero attached hydrogens (tertiary/aromatic N) is 1. The van der Waals surface area contributed by atoms with E-state index in [1.165, 1.54) is 0 Å². The van der Waals surface area contributed by atoms with E-state index in [-0.39, 0.29) is 0 Å². The van der Waals surface area contributed by atoms with Crippen molar-refractivity contribution in [1.29, 1.82) is 0 Å². The number of nitrogens with two attached hydrogens (primary N) is 1. The third-order valence-corrected chi connectivity index (χ3v) is 1.95. The van der Waals surface area contributed by atoms with Crippen LogP contribution in [0.25, 0.3) is 10.9 Å². The standard InChI is InChI=1S/C10H11N3/c11-13-7-8-5-9-3-1-2-4-10(9)12-6-8/h1-6,13H,7,11H2. The molecule has 0 aliphatic heterocycles. The molecular weight excluding hydrogens is 162 g/mol. The van der Waals surface area contributed by atoms with E-state index in [4.69, 9.17) is 5.84 Å². The van der Waals surface area contributed by atoms with Gasteiger partial charge in [0.25, 0.3) is 0 Å². The highest BCUT2D eigenvalue weighted by atomic mass is 15.2. The summed E-state index contributed by atoms with van der Waals surface area (Å²) in [6.45, 7) is 0.651. The molecule has 3 nitrogen and oxygen atoms in total. The maximum absolute atomic E-state index is 5.23. The topological polar surface area (TPSA) is 50.9 Å². The van der Waals surface area contributed by atoms with Crippen LogP contribution in [0.15, 0.2) is 36.5 Å². The molecule has 2 rings (SSSR count). The molecule has 2 aromatic rings. The lowest BCUT2D eigenvalue weighted by molar-refractivity contribution is 0.740. The molecule has 1 aromatic heterocycles. The molecule has 0 saturated heterocycles. The van der Waals surface area contributed by atoms with Gasteiger partial charge in [0, 0.05) is 18.1 Å². The number of pyridine rings is 1. The zero-order valence-electron chi connectivity index (χ0n) is 7.20. The molecule has 3 heteroatoms. The van der Waals surface area contributed by atoms with Gasteiger partial charge < -0.3 is 0 Å². The minimum absolute atomic E-state index is 0.651. The van der Waals surface area contributed by atoms with Crippen molar-refractivity contribution in [2.45, 2.75) is 6.54 Å². The first-order valence-corrected chi connectivity index (χ1v) is 4.17. The predicted octanol–water partition coefficient (Wildman–Crippen LogP) is 1.20. The van der Waals surface area contributed by atoms with Crippen molar-refractivity contribution in [3.8, 4) is 0 Å². The highest BCUT2D eigenvalue weighted by molar-refractivity contribution is 5.78. The molecule has 0 aliphatic carbocycles. The van der Waals surface area contributed by atoms with Crippen LogP contribution in [-0.4, -0.2) is 4.98 Å². The summed E-state index contributed by atoms with van der Waals surface area (Å²) in [5, 5.41) is 1.15. The second kappa shape index (κ2) is 3.51. The van der Waals surface area contributed by atoms with Crippen LogP contribution in [0.5, 0.6) is 0 Å². The molecule has 0 atom stereocenters. The Bertz CT molecular complexity index is 412. The van der Waals surface area contributed by atoms with Crippen LogP contribution in [0.1, 0.15) is 5.56 Å². The minimum Gasteiger partial charge on any atom is -0.271 e. The number of hydrogen-bond donors (Lipinski definition) is 2. The number of aromatic nitrogens is 1. The van der Waals surface area contributed by atoms with Gasteiger partial charge in [-0.25, -0.2) is 0 Å². The van der Waals surface area contributed by atoms with Gasteiger partial charge in [0.05, 0.1) is 5.52 Å². The molecule has 66 valence electrons. The van der Waals surface area contributed by atoms with E-state index >= 15 is 0 Å². The van der Waals surface area contributed by atoms with Crippen LogP contribution >= 0.6 is 0 Å². The third kappa shape index (κ3) is 1.66. The fraction of sp³-hybridized carbons (Fsp3) is 0.100. The van der Waals surface area contributed by atoms with Crippen LogP contribution in [0.3, 0.4) is 0 Å². The van der Waals surface area contributed by atoms with Gasteiger partial charge in [-0.05, 0) is 17.7 Å². The van der Waals surface area contributed by atoms with E-state index in [1.807, 2.05) is 30.5 Å². The van der Waals surface area contributed by atoms with Crippen molar-refractivity contribution < 1.29 is 0 Å². The molecule has 1 aromatic carbocycles. The zero-order chi connectivity index (χ0) is 9.10. The van der Waals surface area contributed by atoms with Crippen molar-refractivity contribution >= 4 is 10.9 Å². The fourth-order valence-corrected chi connectivity index (χ4v) is 1.33. The highest BCUT2D eigenvalue weighted by Gasteiger charge is 1.95. The number of hydrazine groups is 1. The van der Waals surface area contributed by atoms with Crippen LogP contribution in [0.2, 0.25) is 0 Å². The molecule has 0 spiro atoms. The van der Waals surface area contributed by atoms with E-state index in [1.54, 1.807) is 0 Å². The normalized spacial score (nSPS) is 10.5. The summed E-state index contributed by atoms with van der Waals surface area (Å²) in [5.74, 6) is 5.23. The minimum atomic E-state index is 0.651. The van der Waals surface area contributed by atoms with Gasteiger partial charge >= 0.3 is 0 Å². The number of rotatable bonds is 2. The van der Waals surface area contributed by atoms with Gasteiger partial charge in [-0.1, -0.05) is 18.2 Å². The lowest BCUT2D eigenvalue weighted by atomic mass is 10.2. The molecule has 0 bridgehead atoms. The van der Waals surface area contributed by atoms with Crippen molar-refractivity contribution in [2.24, 2.45) is 5.84 Å². The zero-order valence-corrected chi connectivity index (χ0v) is 7.20. The van der Waals surface area contributed by atoms with Crippen LogP contribution in [0.4, 0.5) is 0 Å². The van der Waals surface area contributed by atoms with Gasteiger partial charge in [0.1, 0.15) is 0 Å². The summed E-state index contributed by atoms with van der Waals surface area (Å²) in [7, 11) is 0. The summed E-state index contributed by atoms with van der Waals surface area (Å²) in [6, 6.07) is 10.1. The third-order valence-electron chi connectivity index (χ3n) is 1.95. The molecule has 0 saturated carbocycles. The van der Waals surface area contributed by atoms with E-state index in [0.717, 1.165) is 16.5 Å². The Kier molecular flexibility index (Phi) is 2.21. The van der Waals surface area contributed by atoms with Crippen molar-refractivity contribution in [3.63, 3.8) is 0 Å². The molecule has 13 heavy (non-hydrogen) atoms. The molecule has 3 N–H and O–H groups in total. The van der Waals surface area contributed by atoms with Gasteiger partial charge in [-0.15, -0.1) is 0 Å². The Morgan fingerprint density at radius 3 is 3.00 bits per heavy atom. The van der Waals surface area contributed by atoms with E-state index in [0.29, 0.717) is 6.54 Å². The van der Waals surface area contributed by atoms with Crippen molar-refractivity contribution in [3.05, 3.63) is 42.1 Å². The Balaban J connectivity index is 2.49. The summed E-state index contributed by atoms with van der Waals surface area (Å²) >= 11 is 0. The number of nitrogens with one attached hydrogen (secondary N) is 1. The van der Waals surface area contributed by atoms with E-state index in [9.17, 15) is 0 Å². The van der Waals surface area contributed by atoms with E-state index in [2.05, 4.69) is 16.5 Å². The number of fused-ring (bicyclic) bond motifs is 1. The average Bonchev–Trinajstić information content (AvgIpc) is 2.18. The summed E-state index contributed by atoms with van der Waals surface area (Å²) < 4.78 is 0. The van der Waals surface area contributed by atoms with Gasteiger partial charge in [0.15, 0.2) is 0 Å².